The monoisotopic (exact) mass is 318 g/mol. The van der Waals surface area contributed by atoms with Crippen molar-refractivity contribution in [3.63, 3.8) is 0 Å². The zero-order valence-electron chi connectivity index (χ0n) is 13.8. The fourth-order valence-corrected chi connectivity index (χ4v) is 3.42. The molecule has 0 aromatic heterocycles. The fourth-order valence-electron chi connectivity index (χ4n) is 3.42. The topological polar surface area (TPSA) is 61.8 Å². The van der Waals surface area contributed by atoms with Gasteiger partial charge in [0, 0.05) is 12.5 Å². The first kappa shape index (κ1) is 16.3. The summed E-state index contributed by atoms with van der Waals surface area (Å²) in [4.78, 5) is 14.4. The Hall–Kier alpha value is -1.59. The number of aryl methyl sites for hydroxylation is 1. The molecule has 2 saturated heterocycles. The van der Waals surface area contributed by atoms with E-state index in [4.69, 9.17) is 4.74 Å². The van der Waals surface area contributed by atoms with Crippen LogP contribution in [-0.4, -0.2) is 54.3 Å². The van der Waals surface area contributed by atoms with Crippen LogP contribution < -0.4 is 10.1 Å². The lowest BCUT2D eigenvalue weighted by atomic mass is 9.96. The highest BCUT2D eigenvalue weighted by Crippen LogP contribution is 2.27. The lowest BCUT2D eigenvalue weighted by molar-refractivity contribution is -0.136. The van der Waals surface area contributed by atoms with Crippen molar-refractivity contribution in [1.29, 1.82) is 0 Å². The standard InChI is InChI=1S/C18H26N2O3/c1-14-4-2-3-5-16(14)23-13-18(22)8-11-20(12-18)17(21)15-6-9-19-10-7-15/h2-5,15,19,22H,6-13H2,1H3/t18-/m1/s1. The minimum Gasteiger partial charge on any atom is -0.490 e. The van der Waals surface area contributed by atoms with Gasteiger partial charge in [-0.3, -0.25) is 4.79 Å². The summed E-state index contributed by atoms with van der Waals surface area (Å²) in [6.45, 7) is 5.03. The van der Waals surface area contributed by atoms with E-state index in [0.29, 0.717) is 19.5 Å². The van der Waals surface area contributed by atoms with Gasteiger partial charge in [0.1, 0.15) is 18.0 Å². The van der Waals surface area contributed by atoms with Gasteiger partial charge in [-0.25, -0.2) is 0 Å². The van der Waals surface area contributed by atoms with Gasteiger partial charge in [0.25, 0.3) is 0 Å². The van der Waals surface area contributed by atoms with Crippen molar-refractivity contribution >= 4 is 5.91 Å². The lowest BCUT2D eigenvalue weighted by Crippen LogP contribution is -2.44. The number of amides is 1. The van der Waals surface area contributed by atoms with Crippen LogP contribution >= 0.6 is 0 Å². The Bertz CT molecular complexity index is 557. The van der Waals surface area contributed by atoms with Gasteiger partial charge in [-0.15, -0.1) is 0 Å². The summed E-state index contributed by atoms with van der Waals surface area (Å²) < 4.78 is 5.80. The number of aliphatic hydroxyl groups is 1. The number of β-amino-alcohol motifs (C(OH)–C–C–N with tert-alkyl or cyclic N) is 1. The molecule has 23 heavy (non-hydrogen) atoms. The van der Waals surface area contributed by atoms with Gasteiger partial charge in [0.05, 0.1) is 6.54 Å². The molecule has 2 N–H and O–H groups in total. The van der Waals surface area contributed by atoms with Gasteiger partial charge < -0.3 is 20.1 Å². The van der Waals surface area contributed by atoms with Crippen molar-refractivity contribution in [1.82, 2.24) is 10.2 Å². The first-order valence-electron chi connectivity index (χ1n) is 8.48. The Balaban J connectivity index is 1.55. The summed E-state index contributed by atoms with van der Waals surface area (Å²) in [7, 11) is 0. The minimum atomic E-state index is -0.940. The second-order valence-corrected chi connectivity index (χ2v) is 6.81. The normalized spacial score (nSPS) is 25.6. The van der Waals surface area contributed by atoms with E-state index in [2.05, 4.69) is 5.32 Å². The van der Waals surface area contributed by atoms with Crippen LogP contribution in [0.5, 0.6) is 5.75 Å². The molecule has 1 aromatic carbocycles. The predicted octanol–water partition coefficient (Wildman–Crippen LogP) is 1.34. The molecule has 2 heterocycles. The molecule has 1 aromatic rings. The van der Waals surface area contributed by atoms with Gasteiger partial charge in [0.15, 0.2) is 0 Å². The van der Waals surface area contributed by atoms with E-state index >= 15 is 0 Å². The number of likely N-dealkylation sites (tertiary alicyclic amines) is 1. The lowest BCUT2D eigenvalue weighted by Gasteiger charge is -2.28. The molecule has 1 atom stereocenters. The van der Waals surface area contributed by atoms with Crippen LogP contribution in [0, 0.1) is 12.8 Å². The van der Waals surface area contributed by atoms with E-state index in [0.717, 1.165) is 37.2 Å². The SMILES string of the molecule is Cc1ccccc1OC[C@@]1(O)CCN(C(=O)C2CCNCC2)C1. The molecule has 0 unspecified atom stereocenters. The highest BCUT2D eigenvalue weighted by Gasteiger charge is 2.40. The summed E-state index contributed by atoms with van der Waals surface area (Å²) in [5.74, 6) is 1.10. The molecule has 5 heteroatoms. The third-order valence-corrected chi connectivity index (χ3v) is 4.92. The second kappa shape index (κ2) is 6.89. The molecule has 2 fully saturated rings. The number of nitrogens with one attached hydrogen (secondary N) is 1. The number of hydrogen-bond acceptors (Lipinski definition) is 4. The van der Waals surface area contributed by atoms with Crippen molar-refractivity contribution in [2.45, 2.75) is 31.8 Å². The summed E-state index contributed by atoms with van der Waals surface area (Å²) in [5, 5.41) is 14.0. The number of para-hydroxylation sites is 1. The third kappa shape index (κ3) is 3.85. The van der Waals surface area contributed by atoms with E-state index < -0.39 is 5.60 Å². The first-order valence-corrected chi connectivity index (χ1v) is 8.48. The number of rotatable bonds is 4. The molecule has 0 spiro atoms. The molecule has 126 valence electrons. The molecule has 0 saturated carbocycles. The number of carbonyl (C=O) groups excluding carboxylic acids is 1. The van der Waals surface area contributed by atoms with E-state index in [1.807, 2.05) is 36.1 Å². The molecule has 2 aliphatic rings. The summed E-state index contributed by atoms with van der Waals surface area (Å²) in [6.07, 6.45) is 2.37. The van der Waals surface area contributed by atoms with Crippen LogP contribution in [0.4, 0.5) is 0 Å². The molecular weight excluding hydrogens is 292 g/mol. The van der Waals surface area contributed by atoms with Gasteiger partial charge in [0.2, 0.25) is 5.91 Å². The quantitative estimate of drug-likeness (QED) is 0.879. The maximum absolute atomic E-state index is 12.6. The van der Waals surface area contributed by atoms with E-state index in [1.54, 1.807) is 0 Å². The van der Waals surface area contributed by atoms with Crippen LogP contribution in [0.1, 0.15) is 24.8 Å². The van der Waals surface area contributed by atoms with Crippen LogP contribution in [0.15, 0.2) is 24.3 Å². The molecular formula is C18H26N2O3. The third-order valence-electron chi connectivity index (χ3n) is 4.92. The Morgan fingerprint density at radius 2 is 2.13 bits per heavy atom. The van der Waals surface area contributed by atoms with Gasteiger partial charge in [-0.05, 0) is 50.9 Å². The largest absolute Gasteiger partial charge is 0.490 e. The number of nitrogens with zero attached hydrogens (tertiary/aromatic N) is 1. The van der Waals surface area contributed by atoms with E-state index in [-0.39, 0.29) is 18.4 Å². The first-order chi connectivity index (χ1) is 11.1. The number of ether oxygens (including phenoxy) is 1. The minimum absolute atomic E-state index is 0.107. The highest BCUT2D eigenvalue weighted by molar-refractivity contribution is 5.79. The van der Waals surface area contributed by atoms with Gasteiger partial charge in [-0.2, -0.15) is 0 Å². The van der Waals surface area contributed by atoms with Gasteiger partial charge in [-0.1, -0.05) is 18.2 Å². The average Bonchev–Trinajstić information content (AvgIpc) is 2.97. The average molecular weight is 318 g/mol. The highest BCUT2D eigenvalue weighted by atomic mass is 16.5. The number of piperidine rings is 1. The molecule has 2 aliphatic heterocycles. The Labute approximate surface area is 137 Å². The van der Waals surface area contributed by atoms with Crippen molar-refractivity contribution in [2.75, 3.05) is 32.8 Å². The zero-order chi connectivity index (χ0) is 16.3. The van der Waals surface area contributed by atoms with Crippen LogP contribution in [0.3, 0.4) is 0 Å². The van der Waals surface area contributed by atoms with Crippen molar-refractivity contribution in [2.24, 2.45) is 5.92 Å². The Kier molecular flexibility index (Phi) is 4.87. The van der Waals surface area contributed by atoms with E-state index in [9.17, 15) is 9.90 Å². The molecule has 0 aliphatic carbocycles. The van der Waals surface area contributed by atoms with Crippen LogP contribution in [0.2, 0.25) is 0 Å². The number of carbonyl (C=O) groups is 1. The molecule has 5 nitrogen and oxygen atoms in total. The molecule has 1 amide bonds. The molecule has 0 radical (unpaired) electrons. The Morgan fingerprint density at radius 3 is 2.87 bits per heavy atom. The van der Waals surface area contributed by atoms with Crippen molar-refractivity contribution < 1.29 is 14.6 Å². The molecule has 3 rings (SSSR count). The maximum atomic E-state index is 12.6. The fraction of sp³-hybridized carbons (Fsp3) is 0.611. The number of hydrogen-bond donors (Lipinski definition) is 2. The molecule has 0 bridgehead atoms. The summed E-state index contributed by atoms with van der Waals surface area (Å²) in [5.41, 5.74) is 0.113. The summed E-state index contributed by atoms with van der Waals surface area (Å²) in [6, 6.07) is 7.78. The zero-order valence-corrected chi connectivity index (χ0v) is 13.8. The predicted molar refractivity (Wildman–Crippen MR) is 88.4 cm³/mol. The van der Waals surface area contributed by atoms with Crippen LogP contribution in [0.25, 0.3) is 0 Å². The van der Waals surface area contributed by atoms with Crippen molar-refractivity contribution in [3.8, 4) is 5.75 Å². The summed E-state index contributed by atoms with van der Waals surface area (Å²) >= 11 is 0. The van der Waals surface area contributed by atoms with Crippen molar-refractivity contribution in [3.05, 3.63) is 29.8 Å². The maximum Gasteiger partial charge on any atom is 0.225 e. The van der Waals surface area contributed by atoms with Gasteiger partial charge >= 0.3 is 0 Å². The second-order valence-electron chi connectivity index (χ2n) is 6.81. The number of benzene rings is 1. The smallest absolute Gasteiger partial charge is 0.225 e. The van der Waals surface area contributed by atoms with Crippen LogP contribution in [-0.2, 0) is 4.79 Å². The Morgan fingerprint density at radius 1 is 1.39 bits per heavy atom. The van der Waals surface area contributed by atoms with E-state index in [1.165, 1.54) is 0 Å².